The summed E-state index contributed by atoms with van der Waals surface area (Å²) in [6.45, 7) is 2.17. The number of rotatable bonds is 1. The second-order valence-corrected chi connectivity index (χ2v) is 4.12. The van der Waals surface area contributed by atoms with Crippen molar-refractivity contribution in [2.24, 2.45) is 0 Å². The Morgan fingerprint density at radius 2 is 1.92 bits per heavy atom. The lowest BCUT2D eigenvalue weighted by atomic mass is 10.0. The first-order chi connectivity index (χ1) is 6.15. The molecule has 0 aromatic carbocycles. The van der Waals surface area contributed by atoms with Crippen molar-refractivity contribution < 1.29 is 0 Å². The monoisotopic (exact) mass is 201 g/mol. The van der Waals surface area contributed by atoms with E-state index < -0.39 is 0 Å². The first-order valence-electron chi connectivity index (χ1n) is 4.78. The summed E-state index contributed by atoms with van der Waals surface area (Å²) in [4.78, 5) is 4.55. The average molecular weight is 201 g/mol. The van der Waals surface area contributed by atoms with E-state index in [0.29, 0.717) is 0 Å². The zero-order chi connectivity index (χ0) is 9.84. The molecule has 1 saturated heterocycles. The van der Waals surface area contributed by atoms with Gasteiger partial charge in [-0.1, -0.05) is 0 Å². The van der Waals surface area contributed by atoms with E-state index in [4.69, 9.17) is 12.2 Å². The van der Waals surface area contributed by atoms with Gasteiger partial charge in [0.05, 0.1) is 0 Å². The summed E-state index contributed by atoms with van der Waals surface area (Å²) < 4.78 is 0. The molecule has 0 aliphatic carbocycles. The predicted molar refractivity (Wildman–Crippen MR) is 59.9 cm³/mol. The van der Waals surface area contributed by atoms with E-state index in [1.165, 1.54) is 12.8 Å². The van der Waals surface area contributed by atoms with E-state index >= 15 is 0 Å². The molecule has 1 rings (SSSR count). The van der Waals surface area contributed by atoms with E-state index in [1.54, 1.807) is 0 Å². The highest BCUT2D eigenvalue weighted by molar-refractivity contribution is 7.80. The molecule has 4 heteroatoms. The molecule has 0 aromatic heterocycles. The fraction of sp³-hybridized carbons (Fsp3) is 0.889. The summed E-state index contributed by atoms with van der Waals surface area (Å²) in [6.07, 6.45) is 2.43. The van der Waals surface area contributed by atoms with Gasteiger partial charge in [-0.2, -0.15) is 0 Å². The normalized spacial score (nSPS) is 19.2. The molecule has 3 nitrogen and oxygen atoms in total. The lowest BCUT2D eigenvalue weighted by molar-refractivity contribution is 0.191. The van der Waals surface area contributed by atoms with Crippen LogP contribution < -0.4 is 5.32 Å². The molecule has 0 spiro atoms. The number of thiocarbonyl (C=S) groups is 1. The van der Waals surface area contributed by atoms with Gasteiger partial charge in [-0.25, -0.2) is 0 Å². The Morgan fingerprint density at radius 1 is 1.38 bits per heavy atom. The highest BCUT2D eigenvalue weighted by Crippen LogP contribution is 2.13. The maximum Gasteiger partial charge on any atom is 0.168 e. The molecular weight excluding hydrogens is 182 g/mol. The number of hydrogen-bond donors (Lipinski definition) is 1. The minimum Gasteiger partial charge on any atom is -0.366 e. The maximum atomic E-state index is 5.18. The number of nitrogens with zero attached hydrogens (tertiary/aromatic N) is 2. The van der Waals surface area contributed by atoms with Crippen molar-refractivity contribution in [3.63, 3.8) is 0 Å². The van der Waals surface area contributed by atoms with Crippen molar-refractivity contribution in [1.82, 2.24) is 15.1 Å². The van der Waals surface area contributed by atoms with E-state index in [1.807, 2.05) is 7.05 Å². The summed E-state index contributed by atoms with van der Waals surface area (Å²) in [5.41, 5.74) is 0. The van der Waals surface area contributed by atoms with Crippen LogP contribution in [0.15, 0.2) is 0 Å². The van der Waals surface area contributed by atoms with E-state index in [-0.39, 0.29) is 0 Å². The van der Waals surface area contributed by atoms with Crippen LogP contribution in [0.25, 0.3) is 0 Å². The molecular formula is C9H19N3S. The van der Waals surface area contributed by atoms with Crippen molar-refractivity contribution >= 4 is 17.3 Å². The van der Waals surface area contributed by atoms with Gasteiger partial charge >= 0.3 is 0 Å². The molecule has 13 heavy (non-hydrogen) atoms. The minimum absolute atomic E-state index is 0.732. The SMILES string of the molecule is CNC(=S)N1CCC(N(C)C)CC1. The van der Waals surface area contributed by atoms with Gasteiger partial charge < -0.3 is 15.1 Å². The summed E-state index contributed by atoms with van der Waals surface area (Å²) >= 11 is 5.18. The van der Waals surface area contributed by atoms with Crippen molar-refractivity contribution in [3.05, 3.63) is 0 Å². The summed E-state index contributed by atoms with van der Waals surface area (Å²) in [7, 11) is 6.19. The van der Waals surface area contributed by atoms with Gasteiger partial charge in [0.15, 0.2) is 5.11 Å². The smallest absolute Gasteiger partial charge is 0.168 e. The Labute approximate surface area is 86.1 Å². The summed E-state index contributed by atoms with van der Waals surface area (Å²) in [6, 6.07) is 0.732. The first-order valence-corrected chi connectivity index (χ1v) is 5.19. The largest absolute Gasteiger partial charge is 0.366 e. The molecule has 0 aromatic rings. The summed E-state index contributed by atoms with van der Waals surface area (Å²) in [5, 5.41) is 3.91. The third-order valence-electron chi connectivity index (χ3n) is 2.70. The molecule has 1 fully saturated rings. The second kappa shape index (κ2) is 4.77. The lowest BCUT2D eigenvalue weighted by Crippen LogP contribution is -2.47. The van der Waals surface area contributed by atoms with E-state index in [9.17, 15) is 0 Å². The molecule has 1 aliphatic heterocycles. The molecule has 1 aliphatic rings. The average Bonchev–Trinajstić information content (AvgIpc) is 2.17. The van der Waals surface area contributed by atoms with Crippen LogP contribution in [-0.2, 0) is 0 Å². The van der Waals surface area contributed by atoms with Crippen molar-refractivity contribution in [2.75, 3.05) is 34.2 Å². The Balaban J connectivity index is 2.34. The number of likely N-dealkylation sites (tertiary alicyclic amines) is 1. The molecule has 0 unspecified atom stereocenters. The predicted octanol–water partition coefficient (Wildman–Crippen LogP) is 0.517. The maximum absolute atomic E-state index is 5.18. The van der Waals surface area contributed by atoms with Crippen LogP contribution in [0.5, 0.6) is 0 Å². The third-order valence-corrected chi connectivity index (χ3v) is 3.16. The van der Waals surface area contributed by atoms with Gasteiger partial charge in [0.25, 0.3) is 0 Å². The van der Waals surface area contributed by atoms with Crippen LogP contribution in [0, 0.1) is 0 Å². The van der Waals surface area contributed by atoms with Gasteiger partial charge in [-0.15, -0.1) is 0 Å². The van der Waals surface area contributed by atoms with Crippen molar-refractivity contribution in [3.8, 4) is 0 Å². The molecule has 0 bridgehead atoms. The Bertz CT molecular complexity index is 174. The molecule has 0 radical (unpaired) electrons. The van der Waals surface area contributed by atoms with Gasteiger partial charge in [-0.3, -0.25) is 0 Å². The highest BCUT2D eigenvalue weighted by Gasteiger charge is 2.21. The quantitative estimate of drug-likeness (QED) is 0.623. The number of piperidine rings is 1. The van der Waals surface area contributed by atoms with Crippen molar-refractivity contribution in [2.45, 2.75) is 18.9 Å². The molecule has 0 atom stereocenters. The third kappa shape index (κ3) is 2.81. The van der Waals surface area contributed by atoms with Crippen LogP contribution in [0.4, 0.5) is 0 Å². The Hall–Kier alpha value is -0.350. The van der Waals surface area contributed by atoms with Gasteiger partial charge in [-0.05, 0) is 39.2 Å². The molecule has 0 saturated carbocycles. The summed E-state index contributed by atoms with van der Waals surface area (Å²) in [5.74, 6) is 0. The van der Waals surface area contributed by atoms with Gasteiger partial charge in [0, 0.05) is 26.2 Å². The first kappa shape index (κ1) is 10.7. The van der Waals surface area contributed by atoms with E-state index in [0.717, 1.165) is 24.2 Å². The highest BCUT2D eigenvalue weighted by atomic mass is 32.1. The minimum atomic E-state index is 0.732. The number of nitrogens with one attached hydrogen (secondary N) is 1. The molecule has 1 heterocycles. The molecule has 76 valence electrons. The fourth-order valence-electron chi connectivity index (χ4n) is 1.74. The lowest BCUT2D eigenvalue weighted by Gasteiger charge is -2.36. The molecule has 1 N–H and O–H groups in total. The fourth-order valence-corrected chi connectivity index (χ4v) is 1.93. The zero-order valence-electron chi connectivity index (χ0n) is 8.71. The van der Waals surface area contributed by atoms with Crippen LogP contribution >= 0.6 is 12.2 Å². The van der Waals surface area contributed by atoms with E-state index in [2.05, 4.69) is 29.2 Å². The Morgan fingerprint density at radius 3 is 2.31 bits per heavy atom. The Kier molecular flexibility index (Phi) is 3.93. The van der Waals surface area contributed by atoms with Crippen molar-refractivity contribution in [1.29, 1.82) is 0 Å². The van der Waals surface area contributed by atoms with Crippen LogP contribution in [-0.4, -0.2) is 55.2 Å². The standard InChI is InChI=1S/C9H19N3S/c1-10-9(13)12-6-4-8(5-7-12)11(2)3/h8H,4-7H2,1-3H3,(H,10,13). The molecule has 0 amide bonds. The zero-order valence-corrected chi connectivity index (χ0v) is 9.52. The van der Waals surface area contributed by atoms with Gasteiger partial charge in [0.1, 0.15) is 0 Å². The second-order valence-electron chi connectivity index (χ2n) is 3.74. The van der Waals surface area contributed by atoms with Crippen LogP contribution in [0.2, 0.25) is 0 Å². The van der Waals surface area contributed by atoms with Gasteiger partial charge in [0.2, 0.25) is 0 Å². The topological polar surface area (TPSA) is 18.5 Å². The number of hydrogen-bond acceptors (Lipinski definition) is 2. The van der Waals surface area contributed by atoms with Crippen LogP contribution in [0.3, 0.4) is 0 Å². The van der Waals surface area contributed by atoms with Crippen LogP contribution in [0.1, 0.15) is 12.8 Å².